The van der Waals surface area contributed by atoms with Crippen molar-refractivity contribution in [3.05, 3.63) is 45.0 Å². The van der Waals surface area contributed by atoms with Crippen LogP contribution in [0.4, 0.5) is 0 Å². The van der Waals surface area contributed by atoms with Crippen molar-refractivity contribution in [2.45, 2.75) is 77.1 Å². The Hall–Kier alpha value is -0.796. The van der Waals surface area contributed by atoms with E-state index in [2.05, 4.69) is 112 Å². The molecule has 1 N–H and O–H groups in total. The van der Waals surface area contributed by atoms with Gasteiger partial charge in [-0.25, -0.2) is 0 Å². The molecule has 0 aliphatic heterocycles. The van der Waals surface area contributed by atoms with Crippen LogP contribution in [0.1, 0.15) is 33.3 Å². The zero-order valence-electron chi connectivity index (χ0n) is 18.9. The molecule has 0 saturated carbocycles. The Morgan fingerprint density at radius 2 is 1.61 bits per heavy atom. The van der Waals surface area contributed by atoms with Crippen LogP contribution in [0.2, 0.25) is 43.3 Å². The van der Waals surface area contributed by atoms with Crippen molar-refractivity contribution >= 4 is 38.7 Å². The summed E-state index contributed by atoms with van der Waals surface area (Å²) in [5.41, 5.74) is 5.39. The smallest absolute Gasteiger partial charge is 0.129 e. The fraction of sp³-hybridized carbons (Fsp3) is 0.500. The van der Waals surface area contributed by atoms with E-state index in [4.69, 9.17) is 0 Å². The third-order valence-electron chi connectivity index (χ3n) is 5.32. The first-order valence-electron chi connectivity index (χ1n) is 9.80. The summed E-state index contributed by atoms with van der Waals surface area (Å²) in [6, 6.07) is 8.16. The third kappa shape index (κ3) is 7.91. The van der Waals surface area contributed by atoms with E-state index in [1.807, 2.05) is 25.1 Å². The average Bonchev–Trinajstić information content (AvgIpc) is 2.52. The van der Waals surface area contributed by atoms with Gasteiger partial charge in [0.2, 0.25) is 0 Å². The van der Waals surface area contributed by atoms with Crippen molar-refractivity contribution in [2.75, 3.05) is 0 Å². The molecule has 1 aromatic rings. The topological polar surface area (TPSA) is 20.2 Å². The number of rotatable bonds is 3. The minimum atomic E-state index is -1.85. The average molecular weight is 523 g/mol. The lowest BCUT2D eigenvalue weighted by Gasteiger charge is -2.42. The second-order valence-electron chi connectivity index (χ2n) is 10.1. The van der Waals surface area contributed by atoms with Gasteiger partial charge < -0.3 is 5.11 Å². The Morgan fingerprint density at radius 3 is 2.07 bits per heavy atom. The van der Waals surface area contributed by atoms with Crippen LogP contribution in [0.3, 0.4) is 0 Å². The molecule has 0 aliphatic carbocycles. The molecule has 2 atom stereocenters. The van der Waals surface area contributed by atoms with Gasteiger partial charge in [0.1, 0.15) is 8.07 Å². The summed E-state index contributed by atoms with van der Waals surface area (Å²) in [5.74, 6) is 9.90. The Kier molecular flexibility index (Phi) is 8.84. The van der Waals surface area contributed by atoms with Gasteiger partial charge in [0.15, 0.2) is 0 Å². The second kappa shape index (κ2) is 9.80. The molecular weight excluding hydrogens is 487 g/mol. The quantitative estimate of drug-likeness (QED) is 0.266. The molecule has 152 valence electrons. The molecule has 0 aliphatic rings. The van der Waals surface area contributed by atoms with E-state index in [-0.39, 0.29) is 10.6 Å². The predicted octanol–water partition coefficient (Wildman–Crippen LogP) is 6.71. The highest BCUT2D eigenvalue weighted by molar-refractivity contribution is 14.1. The van der Waals surface area contributed by atoms with Gasteiger partial charge in [-0.15, -0.1) is 11.5 Å². The highest BCUT2D eigenvalue weighted by atomic mass is 127. The van der Waals surface area contributed by atoms with E-state index in [1.54, 1.807) is 0 Å². The lowest BCUT2D eigenvalue weighted by Crippen LogP contribution is -2.46. The van der Waals surface area contributed by atoms with Crippen molar-refractivity contribution in [3.8, 4) is 23.3 Å². The van der Waals surface area contributed by atoms with Gasteiger partial charge in [0.05, 0.1) is 14.2 Å². The van der Waals surface area contributed by atoms with Crippen LogP contribution in [-0.2, 0) is 0 Å². The monoisotopic (exact) mass is 522 g/mol. The SMILES string of the molecule is C/C(C#Cc1ccc(I)cc1)=C/[C@H](O)[C@@H](C#C[Si](C)(C)C)[Si](C)(C)C(C)(C)C. The molecule has 28 heavy (non-hydrogen) atoms. The van der Waals surface area contributed by atoms with E-state index in [0.29, 0.717) is 0 Å². The normalized spacial score (nSPS) is 15.0. The maximum absolute atomic E-state index is 11.1. The Labute approximate surface area is 188 Å². The third-order valence-corrected chi connectivity index (χ3v) is 12.8. The summed E-state index contributed by atoms with van der Waals surface area (Å²) in [4.78, 5) is 0. The number of hydrogen-bond acceptors (Lipinski definition) is 1. The van der Waals surface area contributed by atoms with Crippen molar-refractivity contribution in [2.24, 2.45) is 0 Å². The van der Waals surface area contributed by atoms with Gasteiger partial charge in [0, 0.05) is 14.7 Å². The maximum Gasteiger partial charge on any atom is 0.129 e. The Bertz CT molecular complexity index is 816. The fourth-order valence-corrected chi connectivity index (χ4v) is 5.96. The molecule has 0 unspecified atom stereocenters. The molecule has 1 rings (SSSR count). The molecule has 0 radical (unpaired) electrons. The van der Waals surface area contributed by atoms with Gasteiger partial charge in [-0.2, -0.15) is 0 Å². The van der Waals surface area contributed by atoms with Crippen molar-refractivity contribution in [1.82, 2.24) is 0 Å². The molecule has 0 bridgehead atoms. The lowest BCUT2D eigenvalue weighted by atomic mass is 10.1. The number of aliphatic hydroxyl groups is 1. The maximum atomic E-state index is 11.1. The summed E-state index contributed by atoms with van der Waals surface area (Å²) in [6.07, 6.45) is 1.32. The summed E-state index contributed by atoms with van der Waals surface area (Å²) >= 11 is 2.29. The van der Waals surface area contributed by atoms with E-state index in [9.17, 15) is 5.11 Å². The lowest BCUT2D eigenvalue weighted by molar-refractivity contribution is 0.224. The molecule has 0 fully saturated rings. The van der Waals surface area contributed by atoms with Gasteiger partial charge in [-0.05, 0) is 70.5 Å². The van der Waals surface area contributed by atoms with E-state index < -0.39 is 22.3 Å². The standard InChI is InChI=1S/C24H35IOSi2/c1-19(10-11-20-12-14-21(25)15-13-20)18-22(26)23(16-17-27(5,6)7)28(8,9)24(2,3)4/h12-15,18,22-23,26H,1-9H3/b19-18-/t22-,23+/m0/s1. The summed E-state index contributed by atoms with van der Waals surface area (Å²) in [5, 5.41) is 11.3. The molecule has 4 heteroatoms. The van der Waals surface area contributed by atoms with Crippen LogP contribution >= 0.6 is 22.6 Å². The molecule has 0 saturated heterocycles. The van der Waals surface area contributed by atoms with Gasteiger partial charge in [-0.1, -0.05) is 65.3 Å². The zero-order valence-corrected chi connectivity index (χ0v) is 23.0. The van der Waals surface area contributed by atoms with Gasteiger partial charge in [0.25, 0.3) is 0 Å². The summed E-state index contributed by atoms with van der Waals surface area (Å²) in [7, 11) is -3.36. The van der Waals surface area contributed by atoms with Crippen LogP contribution in [0, 0.1) is 26.9 Å². The van der Waals surface area contributed by atoms with Gasteiger partial charge >= 0.3 is 0 Å². The second-order valence-corrected chi connectivity index (χ2v) is 21.6. The molecular formula is C24H35IOSi2. The minimum Gasteiger partial charge on any atom is -0.388 e. The number of allylic oxidation sites excluding steroid dienone is 1. The number of aliphatic hydroxyl groups excluding tert-OH is 1. The predicted molar refractivity (Wildman–Crippen MR) is 138 cm³/mol. The van der Waals surface area contributed by atoms with E-state index >= 15 is 0 Å². The van der Waals surface area contributed by atoms with Crippen LogP contribution in [0.15, 0.2) is 35.9 Å². The molecule has 0 amide bonds. The largest absolute Gasteiger partial charge is 0.388 e. The zero-order chi connectivity index (χ0) is 21.8. The highest BCUT2D eigenvalue weighted by Crippen LogP contribution is 2.45. The first-order chi connectivity index (χ1) is 12.6. The molecule has 1 aromatic carbocycles. The highest BCUT2D eigenvalue weighted by Gasteiger charge is 2.44. The van der Waals surface area contributed by atoms with E-state index in [0.717, 1.165) is 11.1 Å². The fourth-order valence-electron chi connectivity index (χ4n) is 2.55. The van der Waals surface area contributed by atoms with Crippen molar-refractivity contribution in [1.29, 1.82) is 0 Å². The molecule has 0 spiro atoms. The Morgan fingerprint density at radius 1 is 1.07 bits per heavy atom. The number of halogens is 1. The van der Waals surface area contributed by atoms with Crippen molar-refractivity contribution in [3.63, 3.8) is 0 Å². The van der Waals surface area contributed by atoms with Gasteiger partial charge in [-0.3, -0.25) is 0 Å². The summed E-state index contributed by atoms with van der Waals surface area (Å²) < 4.78 is 1.20. The Balaban J connectivity index is 3.21. The van der Waals surface area contributed by atoms with Crippen LogP contribution in [0.5, 0.6) is 0 Å². The first kappa shape index (κ1) is 25.2. The number of benzene rings is 1. The van der Waals surface area contributed by atoms with Crippen LogP contribution in [0.25, 0.3) is 0 Å². The van der Waals surface area contributed by atoms with Crippen LogP contribution < -0.4 is 0 Å². The first-order valence-corrected chi connectivity index (χ1v) is 17.5. The summed E-state index contributed by atoms with van der Waals surface area (Å²) in [6.45, 7) is 20.3. The van der Waals surface area contributed by atoms with Crippen molar-refractivity contribution < 1.29 is 5.11 Å². The molecule has 0 heterocycles. The van der Waals surface area contributed by atoms with E-state index in [1.165, 1.54) is 3.57 Å². The molecule has 0 aromatic heterocycles. The number of hydrogen-bond donors (Lipinski definition) is 1. The minimum absolute atomic E-state index is 0.00530. The molecule has 1 nitrogen and oxygen atoms in total. The van der Waals surface area contributed by atoms with Crippen LogP contribution in [-0.4, -0.2) is 27.4 Å².